The Balaban J connectivity index is 0.000000491. The second-order valence-electron chi connectivity index (χ2n) is 10.1. The van der Waals surface area contributed by atoms with Gasteiger partial charge >= 0.3 is 26.0 Å². The number of benzene rings is 2. The van der Waals surface area contributed by atoms with Gasteiger partial charge in [0.05, 0.1) is 6.07 Å². The minimum atomic E-state index is -4.47. The second kappa shape index (κ2) is 13.9. The van der Waals surface area contributed by atoms with Gasteiger partial charge in [-0.1, -0.05) is 65.8 Å². The third-order valence-corrected chi connectivity index (χ3v) is 6.31. The normalized spacial score (nSPS) is 16.5. The Morgan fingerprint density at radius 2 is 1.71 bits per heavy atom. The number of nitrogens with one attached hydrogen (secondary N) is 1. The molecule has 0 aromatic heterocycles. The summed E-state index contributed by atoms with van der Waals surface area (Å²) in [6.07, 6.45) is -1.12. The number of hydrogen-bond donors (Lipinski definition) is 1. The van der Waals surface area contributed by atoms with Crippen LogP contribution in [0, 0.1) is 28.2 Å². The second-order valence-corrected chi connectivity index (χ2v) is 10.1. The minimum absolute atomic E-state index is 0. The number of aldehydes is 1. The SMILES string of the molecule is CCC(C)c1ccc(C=O)cc1.CNC1C(C)(C)CC1(C)C.N#Cc1cc[c-]cc1C(F)(F)F.[Os+]. The third kappa shape index (κ3) is 9.51. The van der Waals surface area contributed by atoms with Crippen LogP contribution in [0.5, 0.6) is 0 Å². The Hall–Kier alpha value is -2.01. The van der Waals surface area contributed by atoms with Gasteiger partial charge in [-0.05, 0) is 53.3 Å². The molecule has 0 heterocycles. The van der Waals surface area contributed by atoms with Crippen LogP contribution >= 0.6 is 0 Å². The Morgan fingerprint density at radius 3 is 2.03 bits per heavy atom. The molecule has 1 saturated carbocycles. The van der Waals surface area contributed by atoms with Gasteiger partial charge in [-0.25, -0.2) is 0 Å². The molecule has 3 rings (SSSR count). The minimum Gasteiger partial charge on any atom is -0.316 e. The van der Waals surface area contributed by atoms with E-state index in [0.29, 0.717) is 22.8 Å². The molecule has 0 amide bonds. The molecule has 1 atom stereocenters. The van der Waals surface area contributed by atoms with Gasteiger partial charge in [0.25, 0.3) is 0 Å². The molecule has 1 fully saturated rings. The van der Waals surface area contributed by atoms with Gasteiger partial charge in [0.1, 0.15) is 6.29 Å². The van der Waals surface area contributed by atoms with Crippen molar-refractivity contribution in [2.75, 3.05) is 7.05 Å². The molecule has 0 bridgehead atoms. The fourth-order valence-electron chi connectivity index (χ4n) is 4.99. The number of alkyl halides is 3. The zero-order valence-corrected chi connectivity index (χ0v) is 24.1. The van der Waals surface area contributed by atoms with Gasteiger partial charge in [0, 0.05) is 11.6 Å². The molecule has 7 heteroatoms. The first-order chi connectivity index (χ1) is 15.7. The molecule has 0 aliphatic heterocycles. The summed E-state index contributed by atoms with van der Waals surface area (Å²) in [5, 5.41) is 11.7. The predicted octanol–water partition coefficient (Wildman–Crippen LogP) is 7.42. The summed E-state index contributed by atoms with van der Waals surface area (Å²) in [6, 6.07) is 15.3. The van der Waals surface area contributed by atoms with E-state index < -0.39 is 11.7 Å². The van der Waals surface area contributed by atoms with E-state index in [2.05, 4.69) is 60.0 Å². The quantitative estimate of drug-likeness (QED) is 0.274. The Morgan fingerprint density at radius 1 is 1.17 bits per heavy atom. The van der Waals surface area contributed by atoms with Gasteiger partial charge in [0.15, 0.2) is 0 Å². The number of nitrogens with zero attached hydrogens (tertiary/aromatic N) is 1. The number of halogens is 3. The summed E-state index contributed by atoms with van der Waals surface area (Å²) >= 11 is 0. The molecule has 1 radical (unpaired) electrons. The molecule has 3 nitrogen and oxygen atoms in total. The van der Waals surface area contributed by atoms with Crippen LogP contribution in [0.1, 0.15) is 87.4 Å². The topological polar surface area (TPSA) is 52.9 Å². The Labute approximate surface area is 221 Å². The van der Waals surface area contributed by atoms with E-state index in [1.807, 2.05) is 24.3 Å². The fraction of sp³-hybridized carbons (Fsp3) is 0.500. The van der Waals surface area contributed by atoms with E-state index in [9.17, 15) is 18.0 Å². The number of carbonyl (C=O) groups excluding carboxylic acids is 1. The zero-order valence-electron chi connectivity index (χ0n) is 21.5. The first kappa shape index (κ1) is 33.0. The average molecular weight is 664 g/mol. The monoisotopic (exact) mass is 665 g/mol. The van der Waals surface area contributed by atoms with Crippen LogP contribution in [-0.4, -0.2) is 19.4 Å². The number of nitriles is 1. The molecule has 193 valence electrons. The van der Waals surface area contributed by atoms with Gasteiger partial charge in [-0.15, -0.1) is 0 Å². The molecule has 0 saturated heterocycles. The summed E-state index contributed by atoms with van der Waals surface area (Å²) in [5.41, 5.74) is 1.77. The molecule has 1 aliphatic carbocycles. The summed E-state index contributed by atoms with van der Waals surface area (Å²) in [4.78, 5) is 10.4. The molecular formula is C28H36F3N2OOs. The van der Waals surface area contributed by atoms with Crippen LogP contribution in [0.25, 0.3) is 0 Å². The van der Waals surface area contributed by atoms with E-state index in [0.717, 1.165) is 30.4 Å². The first-order valence-electron chi connectivity index (χ1n) is 11.4. The van der Waals surface area contributed by atoms with Crippen molar-refractivity contribution < 1.29 is 37.8 Å². The predicted molar refractivity (Wildman–Crippen MR) is 131 cm³/mol. The Bertz CT molecular complexity index is 949. The van der Waals surface area contributed by atoms with Crippen LogP contribution in [-0.2, 0) is 26.0 Å². The summed E-state index contributed by atoms with van der Waals surface area (Å²) < 4.78 is 36.2. The number of carbonyl (C=O) groups is 1. The molecule has 2 aromatic rings. The van der Waals surface area contributed by atoms with Crippen molar-refractivity contribution in [2.45, 2.75) is 72.5 Å². The molecule has 0 spiro atoms. The molecular weight excluding hydrogens is 628 g/mol. The van der Waals surface area contributed by atoms with Gasteiger partial charge in [0.2, 0.25) is 0 Å². The first-order valence-corrected chi connectivity index (χ1v) is 11.4. The van der Waals surface area contributed by atoms with E-state index in [1.165, 1.54) is 24.1 Å². The molecule has 2 aromatic carbocycles. The maximum Gasteiger partial charge on any atom is 1.00 e. The van der Waals surface area contributed by atoms with Crippen molar-refractivity contribution >= 4 is 6.29 Å². The van der Waals surface area contributed by atoms with Crippen LogP contribution in [0.2, 0.25) is 0 Å². The van der Waals surface area contributed by atoms with E-state index in [-0.39, 0.29) is 25.4 Å². The zero-order chi connectivity index (χ0) is 26.2. The molecule has 35 heavy (non-hydrogen) atoms. The van der Waals surface area contributed by atoms with E-state index in [4.69, 9.17) is 5.26 Å². The smallest absolute Gasteiger partial charge is 0.316 e. The number of rotatable bonds is 4. The Kier molecular flexibility index (Phi) is 13.1. The van der Waals surface area contributed by atoms with Crippen LogP contribution in [0.3, 0.4) is 0 Å². The van der Waals surface area contributed by atoms with Crippen molar-refractivity contribution in [3.05, 3.63) is 70.8 Å². The summed E-state index contributed by atoms with van der Waals surface area (Å²) in [6.45, 7) is 13.7. The third-order valence-electron chi connectivity index (χ3n) is 6.31. The van der Waals surface area contributed by atoms with Gasteiger partial charge in [-0.2, -0.15) is 42.7 Å². The summed E-state index contributed by atoms with van der Waals surface area (Å²) in [5.74, 6) is 0.589. The van der Waals surface area contributed by atoms with Crippen LogP contribution in [0.15, 0.2) is 42.5 Å². The van der Waals surface area contributed by atoms with Gasteiger partial charge in [-0.3, -0.25) is 4.79 Å². The summed E-state index contributed by atoms with van der Waals surface area (Å²) in [7, 11) is 2.06. The van der Waals surface area contributed by atoms with Crippen molar-refractivity contribution in [3.63, 3.8) is 0 Å². The largest absolute Gasteiger partial charge is 1.00 e. The van der Waals surface area contributed by atoms with Gasteiger partial charge < -0.3 is 5.32 Å². The van der Waals surface area contributed by atoms with Crippen LogP contribution < -0.4 is 5.32 Å². The van der Waals surface area contributed by atoms with E-state index >= 15 is 0 Å². The van der Waals surface area contributed by atoms with E-state index in [1.54, 1.807) is 0 Å². The fourth-order valence-corrected chi connectivity index (χ4v) is 4.99. The molecule has 1 N–H and O–H groups in total. The van der Waals surface area contributed by atoms with Crippen LogP contribution in [0.4, 0.5) is 13.2 Å². The number of hydrogen-bond acceptors (Lipinski definition) is 3. The van der Waals surface area contributed by atoms with Crippen molar-refractivity contribution in [1.29, 1.82) is 5.26 Å². The maximum atomic E-state index is 12.1. The average Bonchev–Trinajstić information content (AvgIpc) is 2.77. The van der Waals surface area contributed by atoms with Crippen molar-refractivity contribution in [2.24, 2.45) is 10.8 Å². The maximum absolute atomic E-state index is 12.1. The standard InChI is InChI=1S/C11H14O.C9H19N.C8H3F3N.Os/c1-3-9(2)11-6-4-10(8-12)5-7-11;1-8(2)6-9(3,4)7(8)10-5;9-8(10,11)7-4-2-1-3-6(7)5-12;/h4-9H,3H2,1-2H3;7,10H,6H2,1-5H3;1,3-4H;/q;;-1;+1. The van der Waals surface area contributed by atoms with Crippen molar-refractivity contribution in [3.8, 4) is 6.07 Å². The molecule has 1 unspecified atom stereocenters. The van der Waals surface area contributed by atoms with Crippen molar-refractivity contribution in [1.82, 2.24) is 5.32 Å². The molecule has 1 aliphatic rings.